The van der Waals surface area contributed by atoms with Gasteiger partial charge < -0.3 is 5.11 Å². The molecule has 0 atom stereocenters. The van der Waals surface area contributed by atoms with Gasteiger partial charge in [-0.15, -0.1) is 10.2 Å². The molecule has 25 heavy (non-hydrogen) atoms. The molecule has 0 radical (unpaired) electrons. The molecular formula is C18H16N2O4S. The van der Waals surface area contributed by atoms with Crippen LogP contribution in [0.2, 0.25) is 0 Å². The van der Waals surface area contributed by atoms with Gasteiger partial charge in [0, 0.05) is 5.39 Å². The lowest BCUT2D eigenvalue weighted by atomic mass is 10.1. The molecule has 128 valence electrons. The fourth-order valence-corrected chi connectivity index (χ4v) is 3.23. The van der Waals surface area contributed by atoms with E-state index in [0.717, 1.165) is 10.9 Å². The van der Waals surface area contributed by atoms with Crippen molar-refractivity contribution < 1.29 is 18.1 Å². The number of phenolic OH excluding ortho intramolecular Hbond substituents is 1. The van der Waals surface area contributed by atoms with Gasteiger partial charge in [0.1, 0.15) is 16.3 Å². The molecule has 6 nitrogen and oxygen atoms in total. The molecule has 0 amide bonds. The Hall–Kier alpha value is -2.77. The van der Waals surface area contributed by atoms with E-state index in [1.807, 2.05) is 19.1 Å². The SMILES string of the molecule is Cc1ccc(N=Nc2ccc3cc(C)ccc3c2O)c(S(=O)(=O)O)c1. The molecule has 0 saturated carbocycles. The fraction of sp³-hybridized carbons (Fsp3) is 0.111. The summed E-state index contributed by atoms with van der Waals surface area (Å²) in [5.41, 5.74) is 1.93. The highest BCUT2D eigenvalue weighted by Crippen LogP contribution is 2.36. The number of hydrogen-bond acceptors (Lipinski definition) is 5. The van der Waals surface area contributed by atoms with Gasteiger partial charge in [0.15, 0.2) is 5.75 Å². The number of hydrogen-bond donors (Lipinski definition) is 2. The number of aromatic hydroxyl groups is 1. The van der Waals surface area contributed by atoms with Gasteiger partial charge in [-0.3, -0.25) is 4.55 Å². The molecule has 3 aromatic carbocycles. The predicted octanol–water partition coefficient (Wildman–Crippen LogP) is 4.82. The molecule has 0 spiro atoms. The van der Waals surface area contributed by atoms with Gasteiger partial charge in [0.25, 0.3) is 10.1 Å². The minimum Gasteiger partial charge on any atom is -0.505 e. The normalized spacial score (nSPS) is 12.1. The van der Waals surface area contributed by atoms with E-state index in [0.29, 0.717) is 10.9 Å². The van der Waals surface area contributed by atoms with Crippen LogP contribution in [-0.4, -0.2) is 18.1 Å². The smallest absolute Gasteiger partial charge is 0.296 e. The molecule has 0 unspecified atom stereocenters. The van der Waals surface area contributed by atoms with E-state index in [1.54, 1.807) is 31.2 Å². The molecule has 0 heterocycles. The zero-order chi connectivity index (χ0) is 18.2. The van der Waals surface area contributed by atoms with Crippen molar-refractivity contribution in [3.05, 3.63) is 59.7 Å². The van der Waals surface area contributed by atoms with Crippen LogP contribution in [0.4, 0.5) is 11.4 Å². The number of nitrogens with zero attached hydrogens (tertiary/aromatic N) is 2. The van der Waals surface area contributed by atoms with Crippen molar-refractivity contribution >= 4 is 32.3 Å². The van der Waals surface area contributed by atoms with Gasteiger partial charge >= 0.3 is 0 Å². The van der Waals surface area contributed by atoms with E-state index in [4.69, 9.17) is 0 Å². The zero-order valence-electron chi connectivity index (χ0n) is 13.6. The fourth-order valence-electron chi connectivity index (χ4n) is 2.52. The molecule has 2 N–H and O–H groups in total. The first-order chi connectivity index (χ1) is 11.8. The number of benzene rings is 3. The first-order valence-electron chi connectivity index (χ1n) is 7.48. The molecule has 7 heteroatoms. The van der Waals surface area contributed by atoms with E-state index in [-0.39, 0.29) is 22.0 Å². The second kappa shape index (κ2) is 6.27. The number of rotatable bonds is 3. The Morgan fingerprint density at radius 3 is 2.16 bits per heavy atom. The maximum absolute atomic E-state index is 11.5. The van der Waals surface area contributed by atoms with Crippen molar-refractivity contribution in [1.29, 1.82) is 0 Å². The first-order valence-corrected chi connectivity index (χ1v) is 8.92. The Labute approximate surface area is 145 Å². The van der Waals surface area contributed by atoms with Gasteiger partial charge in [0.05, 0.1) is 0 Å². The molecule has 0 aliphatic rings. The first kappa shape index (κ1) is 17.1. The molecule has 0 fully saturated rings. The number of fused-ring (bicyclic) bond motifs is 1. The Kier molecular flexibility index (Phi) is 4.28. The van der Waals surface area contributed by atoms with Crippen molar-refractivity contribution in [2.45, 2.75) is 18.7 Å². The summed E-state index contributed by atoms with van der Waals surface area (Å²) in [5, 5.41) is 19.7. The van der Waals surface area contributed by atoms with E-state index in [2.05, 4.69) is 10.2 Å². The molecular weight excluding hydrogens is 340 g/mol. The second-order valence-electron chi connectivity index (χ2n) is 5.80. The standard InChI is InChI=1S/C18H16N2O4S/c1-11-3-6-14-13(9-11)5-8-16(18(14)21)20-19-15-7-4-12(2)10-17(15)25(22,23)24/h3-10,21H,1-2H3,(H,22,23,24). The van der Waals surface area contributed by atoms with Gasteiger partial charge in [-0.1, -0.05) is 35.9 Å². The van der Waals surface area contributed by atoms with Crippen LogP contribution in [0.3, 0.4) is 0 Å². The van der Waals surface area contributed by atoms with Crippen molar-refractivity contribution in [1.82, 2.24) is 0 Å². The van der Waals surface area contributed by atoms with Gasteiger partial charge in [-0.05, 0) is 43.0 Å². The average molecular weight is 356 g/mol. The number of aryl methyl sites for hydroxylation is 2. The molecule has 3 aromatic rings. The maximum atomic E-state index is 11.5. The van der Waals surface area contributed by atoms with Crippen LogP contribution in [0.25, 0.3) is 10.8 Å². The second-order valence-corrected chi connectivity index (χ2v) is 7.19. The lowest BCUT2D eigenvalue weighted by Gasteiger charge is -2.05. The predicted molar refractivity (Wildman–Crippen MR) is 95.5 cm³/mol. The highest BCUT2D eigenvalue weighted by atomic mass is 32.2. The van der Waals surface area contributed by atoms with Crippen LogP contribution in [0, 0.1) is 13.8 Å². The number of phenols is 1. The van der Waals surface area contributed by atoms with Crippen molar-refractivity contribution in [3.63, 3.8) is 0 Å². The van der Waals surface area contributed by atoms with Crippen LogP contribution in [0.5, 0.6) is 5.75 Å². The third kappa shape index (κ3) is 3.52. The topological polar surface area (TPSA) is 99.3 Å². The summed E-state index contributed by atoms with van der Waals surface area (Å²) in [6.07, 6.45) is 0. The van der Waals surface area contributed by atoms with Crippen molar-refractivity contribution in [2.24, 2.45) is 10.2 Å². The summed E-state index contributed by atoms with van der Waals surface area (Å²) in [5.74, 6) is -0.0400. The third-order valence-corrected chi connectivity index (χ3v) is 4.67. The van der Waals surface area contributed by atoms with Crippen LogP contribution in [0.15, 0.2) is 63.7 Å². The van der Waals surface area contributed by atoms with Crippen LogP contribution in [0.1, 0.15) is 11.1 Å². The summed E-state index contributed by atoms with van der Waals surface area (Å²) < 4.78 is 32.3. The Bertz CT molecular complexity index is 1110. The summed E-state index contributed by atoms with van der Waals surface area (Å²) in [6, 6.07) is 13.4. The lowest BCUT2D eigenvalue weighted by molar-refractivity contribution is 0.482. The van der Waals surface area contributed by atoms with E-state index >= 15 is 0 Å². The molecule has 0 saturated heterocycles. The quantitative estimate of drug-likeness (QED) is 0.519. The minimum atomic E-state index is -4.43. The summed E-state index contributed by atoms with van der Waals surface area (Å²) in [7, 11) is -4.43. The highest BCUT2D eigenvalue weighted by Gasteiger charge is 2.16. The van der Waals surface area contributed by atoms with Crippen LogP contribution >= 0.6 is 0 Å². The average Bonchev–Trinajstić information content (AvgIpc) is 2.54. The zero-order valence-corrected chi connectivity index (χ0v) is 14.4. The number of azo groups is 1. The Morgan fingerprint density at radius 1 is 0.840 bits per heavy atom. The van der Waals surface area contributed by atoms with E-state index in [9.17, 15) is 18.1 Å². The Morgan fingerprint density at radius 2 is 1.44 bits per heavy atom. The largest absolute Gasteiger partial charge is 0.505 e. The van der Waals surface area contributed by atoms with Crippen LogP contribution < -0.4 is 0 Å². The Balaban J connectivity index is 2.08. The van der Waals surface area contributed by atoms with E-state index in [1.165, 1.54) is 12.1 Å². The monoisotopic (exact) mass is 356 g/mol. The van der Waals surface area contributed by atoms with Gasteiger partial charge in [-0.25, -0.2) is 0 Å². The lowest BCUT2D eigenvalue weighted by Crippen LogP contribution is -1.98. The summed E-state index contributed by atoms with van der Waals surface area (Å²) in [6.45, 7) is 3.66. The van der Waals surface area contributed by atoms with Crippen LogP contribution in [-0.2, 0) is 10.1 Å². The molecule has 0 bridgehead atoms. The summed E-state index contributed by atoms with van der Waals surface area (Å²) >= 11 is 0. The third-order valence-electron chi connectivity index (χ3n) is 3.78. The molecule has 0 aliphatic carbocycles. The molecule has 3 rings (SSSR count). The van der Waals surface area contributed by atoms with Crippen molar-refractivity contribution in [2.75, 3.05) is 0 Å². The molecule has 0 aromatic heterocycles. The minimum absolute atomic E-state index is 0.00324. The van der Waals surface area contributed by atoms with Gasteiger partial charge in [0.2, 0.25) is 0 Å². The maximum Gasteiger partial charge on any atom is 0.296 e. The van der Waals surface area contributed by atoms with E-state index < -0.39 is 10.1 Å². The highest BCUT2D eigenvalue weighted by molar-refractivity contribution is 7.86. The molecule has 0 aliphatic heterocycles. The summed E-state index contributed by atoms with van der Waals surface area (Å²) in [4.78, 5) is -0.327. The van der Waals surface area contributed by atoms with Gasteiger partial charge in [-0.2, -0.15) is 8.42 Å². The van der Waals surface area contributed by atoms with Crippen molar-refractivity contribution in [3.8, 4) is 5.75 Å².